The molecule has 1 aliphatic rings. The summed E-state index contributed by atoms with van der Waals surface area (Å²) in [4.78, 5) is 12.6. The predicted octanol–water partition coefficient (Wildman–Crippen LogP) is 7.59. The summed E-state index contributed by atoms with van der Waals surface area (Å²) in [5.41, 5.74) is 5.72. The van der Waals surface area contributed by atoms with Crippen LogP contribution < -0.4 is 0 Å². The van der Waals surface area contributed by atoms with Crippen molar-refractivity contribution >= 4 is 23.8 Å². The van der Waals surface area contributed by atoms with E-state index >= 15 is 0 Å². The highest BCUT2D eigenvalue weighted by Crippen LogP contribution is 2.43. The molecule has 3 heteroatoms. The van der Waals surface area contributed by atoms with E-state index in [1.165, 1.54) is 33.8 Å². The summed E-state index contributed by atoms with van der Waals surface area (Å²) < 4.78 is 0. The average molecular weight is 443 g/mol. The summed E-state index contributed by atoms with van der Waals surface area (Å²) in [5, 5.41) is 9.14. The number of allylic oxidation sites excluding steroid dienone is 1. The first-order valence-electron chi connectivity index (χ1n) is 11.2. The van der Waals surface area contributed by atoms with E-state index in [-0.39, 0.29) is 5.41 Å². The monoisotopic (exact) mass is 442 g/mol. The normalized spacial score (nSPS) is 15.9. The molecule has 0 aromatic heterocycles. The van der Waals surface area contributed by atoms with Gasteiger partial charge in [-0.2, -0.15) is 0 Å². The van der Waals surface area contributed by atoms with E-state index in [0.717, 1.165) is 18.4 Å². The number of aromatic carboxylic acids is 1. The molecule has 1 heterocycles. The van der Waals surface area contributed by atoms with Crippen LogP contribution in [0.4, 0.5) is 0 Å². The fourth-order valence-electron chi connectivity index (χ4n) is 4.29. The van der Waals surface area contributed by atoms with Crippen molar-refractivity contribution in [2.24, 2.45) is 0 Å². The summed E-state index contributed by atoms with van der Waals surface area (Å²) in [6.07, 6.45) is 7.65. The van der Waals surface area contributed by atoms with Crippen molar-refractivity contribution in [2.75, 3.05) is 5.75 Å². The highest BCUT2D eigenvalue weighted by atomic mass is 32.2. The third-order valence-electron chi connectivity index (χ3n) is 6.41. The van der Waals surface area contributed by atoms with Gasteiger partial charge in [-0.3, -0.25) is 0 Å². The van der Waals surface area contributed by atoms with Crippen molar-refractivity contribution < 1.29 is 9.90 Å². The minimum absolute atomic E-state index is 0.205. The maximum absolute atomic E-state index is 11.1. The zero-order valence-corrected chi connectivity index (χ0v) is 19.6. The molecule has 3 aromatic rings. The Labute approximate surface area is 195 Å². The Morgan fingerprint density at radius 3 is 2.53 bits per heavy atom. The molecule has 0 saturated carbocycles. The van der Waals surface area contributed by atoms with Gasteiger partial charge < -0.3 is 5.11 Å². The number of fused-ring (bicyclic) bond motifs is 1. The Morgan fingerprint density at radius 1 is 1.06 bits per heavy atom. The lowest BCUT2D eigenvalue weighted by atomic mass is 9.79. The third-order valence-corrected chi connectivity index (χ3v) is 7.49. The van der Waals surface area contributed by atoms with Gasteiger partial charge in [0, 0.05) is 10.8 Å². The molecule has 164 valence electrons. The van der Waals surface area contributed by atoms with E-state index in [1.807, 2.05) is 23.9 Å². The number of carboxylic acids is 1. The van der Waals surface area contributed by atoms with E-state index in [2.05, 4.69) is 74.5 Å². The smallest absolute Gasteiger partial charge is 0.335 e. The lowest BCUT2D eigenvalue weighted by molar-refractivity contribution is 0.0697. The average Bonchev–Trinajstić information content (AvgIpc) is 2.80. The first-order chi connectivity index (χ1) is 15.4. The molecule has 32 heavy (non-hydrogen) atoms. The molecule has 1 N–H and O–H groups in total. The molecule has 4 rings (SSSR count). The van der Waals surface area contributed by atoms with Gasteiger partial charge in [0.15, 0.2) is 0 Å². The first kappa shape index (κ1) is 22.4. The maximum atomic E-state index is 11.1. The Balaban J connectivity index is 1.62. The van der Waals surface area contributed by atoms with E-state index in [0.29, 0.717) is 11.5 Å². The molecule has 0 aliphatic carbocycles. The number of carbonyl (C=O) groups is 1. The topological polar surface area (TPSA) is 37.3 Å². The Kier molecular flexibility index (Phi) is 6.86. The van der Waals surface area contributed by atoms with Gasteiger partial charge in [0.25, 0.3) is 0 Å². The van der Waals surface area contributed by atoms with Crippen molar-refractivity contribution in [3.05, 3.63) is 107 Å². The van der Waals surface area contributed by atoms with Crippen molar-refractivity contribution in [3.63, 3.8) is 0 Å². The lowest BCUT2D eigenvalue weighted by Gasteiger charge is -2.33. The zero-order chi connectivity index (χ0) is 22.6. The second-order valence-electron chi connectivity index (χ2n) is 9.15. The van der Waals surface area contributed by atoms with Crippen LogP contribution in [0.2, 0.25) is 0 Å². The molecule has 1 unspecified atom stereocenters. The summed E-state index contributed by atoms with van der Waals surface area (Å²) >= 11 is 1.97. The predicted molar refractivity (Wildman–Crippen MR) is 135 cm³/mol. The van der Waals surface area contributed by atoms with E-state index in [4.69, 9.17) is 5.11 Å². The molecule has 0 amide bonds. The van der Waals surface area contributed by atoms with Crippen LogP contribution in [0.1, 0.15) is 65.2 Å². The molecule has 0 radical (unpaired) electrons. The SMILES string of the molecule is CC1(C)CCSc2ccc(C(C=Cc3ccc(C(=O)O)cc3)CCc3ccccc3)cc21. The van der Waals surface area contributed by atoms with Crippen LogP contribution >= 0.6 is 11.8 Å². The fourth-order valence-corrected chi connectivity index (χ4v) is 5.78. The van der Waals surface area contributed by atoms with Crippen molar-refractivity contribution in [1.29, 1.82) is 0 Å². The quantitative estimate of drug-likeness (QED) is 0.409. The van der Waals surface area contributed by atoms with Gasteiger partial charge in [-0.15, -0.1) is 11.8 Å². The van der Waals surface area contributed by atoms with E-state index in [1.54, 1.807) is 12.1 Å². The lowest BCUT2D eigenvalue weighted by Crippen LogP contribution is -2.23. The number of rotatable bonds is 7. The summed E-state index contributed by atoms with van der Waals surface area (Å²) in [7, 11) is 0. The van der Waals surface area contributed by atoms with Gasteiger partial charge in [0.05, 0.1) is 5.56 Å². The third kappa shape index (κ3) is 5.34. The number of carboxylic acid groups (broad SMARTS) is 1. The molecule has 2 nitrogen and oxygen atoms in total. The second-order valence-corrected chi connectivity index (χ2v) is 10.3. The van der Waals surface area contributed by atoms with Gasteiger partial charge >= 0.3 is 5.97 Å². The van der Waals surface area contributed by atoms with Crippen LogP contribution in [0.25, 0.3) is 6.08 Å². The number of benzene rings is 3. The summed E-state index contributed by atoms with van der Waals surface area (Å²) in [5.74, 6) is 0.585. The Hall–Kier alpha value is -2.78. The molecular weight excluding hydrogens is 412 g/mol. The molecule has 1 aliphatic heterocycles. The number of hydrogen-bond acceptors (Lipinski definition) is 2. The van der Waals surface area contributed by atoms with E-state index < -0.39 is 5.97 Å². The van der Waals surface area contributed by atoms with Crippen LogP contribution in [-0.2, 0) is 11.8 Å². The first-order valence-corrected chi connectivity index (χ1v) is 12.2. The van der Waals surface area contributed by atoms with E-state index in [9.17, 15) is 4.79 Å². The maximum Gasteiger partial charge on any atom is 0.335 e. The zero-order valence-electron chi connectivity index (χ0n) is 18.8. The molecule has 1 atom stereocenters. The van der Waals surface area contributed by atoms with Crippen LogP contribution in [0.3, 0.4) is 0 Å². The van der Waals surface area contributed by atoms with Gasteiger partial charge in [-0.1, -0.05) is 80.6 Å². The van der Waals surface area contributed by atoms with Crippen LogP contribution in [0.5, 0.6) is 0 Å². The number of thioether (sulfide) groups is 1. The minimum Gasteiger partial charge on any atom is -0.478 e. The molecule has 0 spiro atoms. The molecule has 0 saturated heterocycles. The highest BCUT2D eigenvalue weighted by Gasteiger charge is 2.28. The Bertz CT molecular complexity index is 1100. The van der Waals surface area contributed by atoms with Crippen molar-refractivity contribution in [2.45, 2.75) is 49.3 Å². The summed E-state index contributed by atoms with van der Waals surface area (Å²) in [6.45, 7) is 4.71. The van der Waals surface area contributed by atoms with Crippen LogP contribution in [0.15, 0.2) is 83.8 Å². The standard InChI is InChI=1S/C29H30O2S/c1-29(2)18-19-32-27-17-16-25(20-26(27)29)23(12-8-21-6-4-3-5-7-21)13-9-22-10-14-24(15-11-22)28(30)31/h3-7,9-11,13-17,20,23H,8,12,18-19H2,1-2H3,(H,30,31). The molecule has 0 bridgehead atoms. The van der Waals surface area contributed by atoms with Crippen LogP contribution in [0, 0.1) is 0 Å². The summed E-state index contributed by atoms with van der Waals surface area (Å²) in [6, 6.07) is 24.8. The fraction of sp³-hybridized carbons (Fsp3) is 0.276. The molecular formula is C29H30O2S. The molecule has 3 aromatic carbocycles. The van der Waals surface area contributed by atoms with Gasteiger partial charge in [-0.05, 0) is 70.9 Å². The van der Waals surface area contributed by atoms with Gasteiger partial charge in [-0.25, -0.2) is 4.79 Å². The second kappa shape index (κ2) is 9.79. The number of aryl methyl sites for hydroxylation is 1. The van der Waals surface area contributed by atoms with Gasteiger partial charge in [0.2, 0.25) is 0 Å². The van der Waals surface area contributed by atoms with Gasteiger partial charge in [0.1, 0.15) is 0 Å². The van der Waals surface area contributed by atoms with Crippen molar-refractivity contribution in [1.82, 2.24) is 0 Å². The largest absolute Gasteiger partial charge is 0.478 e. The number of hydrogen-bond donors (Lipinski definition) is 1. The van der Waals surface area contributed by atoms with Crippen molar-refractivity contribution in [3.8, 4) is 0 Å². The highest BCUT2D eigenvalue weighted by molar-refractivity contribution is 7.99. The minimum atomic E-state index is -0.893. The van der Waals surface area contributed by atoms with Crippen LogP contribution in [-0.4, -0.2) is 16.8 Å². The Morgan fingerprint density at radius 2 is 1.81 bits per heavy atom. The molecule has 0 fully saturated rings.